The van der Waals surface area contributed by atoms with Crippen molar-refractivity contribution in [3.63, 3.8) is 0 Å². The number of hydrogen-bond donors (Lipinski definition) is 2. The lowest BCUT2D eigenvalue weighted by atomic mass is 10.1. The van der Waals surface area contributed by atoms with Crippen molar-refractivity contribution < 1.29 is 5.11 Å². The summed E-state index contributed by atoms with van der Waals surface area (Å²) in [6.45, 7) is 3.22. The Hall–Kier alpha value is -1.71. The number of pyridine rings is 1. The van der Waals surface area contributed by atoms with Gasteiger partial charge in [0.1, 0.15) is 0 Å². The van der Waals surface area contributed by atoms with Gasteiger partial charge in [-0.1, -0.05) is 35.9 Å². The second kappa shape index (κ2) is 6.28. The van der Waals surface area contributed by atoms with Crippen molar-refractivity contribution in [2.24, 2.45) is 0 Å². The van der Waals surface area contributed by atoms with E-state index in [1.165, 1.54) is 0 Å². The molecule has 1 atom stereocenters. The first kappa shape index (κ1) is 12.7. The fraction of sp³-hybridized carbons (Fsp3) is 0.267. The molecule has 0 spiro atoms. The minimum atomic E-state index is -0.478. The van der Waals surface area contributed by atoms with Crippen molar-refractivity contribution in [2.75, 3.05) is 6.54 Å². The summed E-state index contributed by atoms with van der Waals surface area (Å²) >= 11 is 0. The van der Waals surface area contributed by atoms with Crippen LogP contribution in [0.2, 0.25) is 0 Å². The van der Waals surface area contributed by atoms with Crippen molar-refractivity contribution in [1.29, 1.82) is 0 Å². The maximum Gasteiger partial charge on any atom is 0.0914 e. The molecule has 2 aromatic rings. The van der Waals surface area contributed by atoms with Crippen LogP contribution in [0.15, 0.2) is 48.7 Å². The van der Waals surface area contributed by atoms with Gasteiger partial charge in [-0.2, -0.15) is 0 Å². The van der Waals surface area contributed by atoms with E-state index in [4.69, 9.17) is 0 Å². The van der Waals surface area contributed by atoms with Crippen molar-refractivity contribution >= 4 is 0 Å². The largest absolute Gasteiger partial charge is 0.387 e. The van der Waals surface area contributed by atoms with Gasteiger partial charge in [0, 0.05) is 19.3 Å². The Kier molecular flexibility index (Phi) is 4.45. The zero-order valence-electron chi connectivity index (χ0n) is 10.5. The summed E-state index contributed by atoms with van der Waals surface area (Å²) in [7, 11) is 0. The predicted octanol–water partition coefficient (Wildman–Crippen LogP) is 2.21. The highest BCUT2D eigenvalue weighted by Crippen LogP contribution is 2.13. The van der Waals surface area contributed by atoms with Crippen LogP contribution in [0, 0.1) is 6.92 Å². The van der Waals surface area contributed by atoms with Crippen molar-refractivity contribution in [1.82, 2.24) is 10.3 Å². The first-order chi connectivity index (χ1) is 8.75. The second-order valence-corrected chi connectivity index (χ2v) is 4.38. The van der Waals surface area contributed by atoms with Crippen LogP contribution in [0.25, 0.3) is 0 Å². The molecule has 1 aromatic carbocycles. The van der Waals surface area contributed by atoms with Crippen LogP contribution >= 0.6 is 0 Å². The van der Waals surface area contributed by atoms with E-state index in [1.54, 1.807) is 6.20 Å². The molecule has 3 nitrogen and oxygen atoms in total. The molecule has 3 heteroatoms. The summed E-state index contributed by atoms with van der Waals surface area (Å²) in [5.74, 6) is 0. The molecule has 0 amide bonds. The van der Waals surface area contributed by atoms with Gasteiger partial charge in [-0.25, -0.2) is 0 Å². The fourth-order valence-electron chi connectivity index (χ4n) is 1.83. The van der Waals surface area contributed by atoms with Crippen LogP contribution in [-0.4, -0.2) is 16.6 Å². The Balaban J connectivity index is 1.83. The summed E-state index contributed by atoms with van der Waals surface area (Å²) < 4.78 is 0. The molecule has 1 aromatic heterocycles. The van der Waals surface area contributed by atoms with E-state index in [9.17, 15) is 5.11 Å². The van der Waals surface area contributed by atoms with Gasteiger partial charge in [0.05, 0.1) is 11.8 Å². The van der Waals surface area contributed by atoms with Crippen LogP contribution in [0.5, 0.6) is 0 Å². The first-order valence-corrected chi connectivity index (χ1v) is 6.11. The zero-order valence-corrected chi connectivity index (χ0v) is 10.5. The maximum absolute atomic E-state index is 10.0. The third kappa shape index (κ3) is 3.65. The highest BCUT2D eigenvalue weighted by atomic mass is 16.3. The first-order valence-electron chi connectivity index (χ1n) is 6.11. The molecule has 1 heterocycles. The lowest BCUT2D eigenvalue weighted by Crippen LogP contribution is -2.21. The summed E-state index contributed by atoms with van der Waals surface area (Å²) in [6, 6.07) is 13.8. The van der Waals surface area contributed by atoms with Crippen molar-refractivity contribution in [2.45, 2.75) is 19.6 Å². The van der Waals surface area contributed by atoms with Crippen LogP contribution < -0.4 is 5.32 Å². The minimum Gasteiger partial charge on any atom is -0.387 e. The molecular weight excluding hydrogens is 224 g/mol. The fourth-order valence-corrected chi connectivity index (χ4v) is 1.83. The van der Waals surface area contributed by atoms with Crippen LogP contribution in [0.3, 0.4) is 0 Å². The van der Waals surface area contributed by atoms with E-state index in [2.05, 4.69) is 10.3 Å². The Morgan fingerprint density at radius 3 is 2.83 bits per heavy atom. The number of rotatable bonds is 5. The van der Waals surface area contributed by atoms with E-state index in [-0.39, 0.29) is 0 Å². The predicted molar refractivity (Wildman–Crippen MR) is 72.1 cm³/mol. The molecular formula is C15H18N2O. The highest BCUT2D eigenvalue weighted by molar-refractivity contribution is 5.24. The molecule has 0 aliphatic heterocycles. The molecule has 18 heavy (non-hydrogen) atoms. The Morgan fingerprint density at radius 1 is 1.22 bits per heavy atom. The van der Waals surface area contributed by atoms with Crippen LogP contribution in [0.4, 0.5) is 0 Å². The number of aliphatic hydroxyl groups excluding tert-OH is 1. The van der Waals surface area contributed by atoms with Gasteiger partial charge < -0.3 is 10.4 Å². The molecule has 94 valence electrons. The number of aryl methyl sites for hydroxylation is 1. The molecule has 0 saturated heterocycles. The topological polar surface area (TPSA) is 45.1 Å². The van der Waals surface area contributed by atoms with Gasteiger partial charge in [-0.15, -0.1) is 0 Å². The normalized spacial score (nSPS) is 12.3. The molecule has 0 bridgehead atoms. The third-order valence-electron chi connectivity index (χ3n) is 2.80. The zero-order chi connectivity index (χ0) is 12.8. The average Bonchev–Trinajstić information content (AvgIpc) is 2.40. The van der Waals surface area contributed by atoms with E-state index in [0.29, 0.717) is 13.1 Å². The summed E-state index contributed by atoms with van der Waals surface area (Å²) in [4.78, 5) is 4.22. The maximum atomic E-state index is 10.0. The van der Waals surface area contributed by atoms with Crippen LogP contribution in [0.1, 0.15) is 22.9 Å². The molecule has 2 N–H and O–H groups in total. The van der Waals surface area contributed by atoms with Crippen molar-refractivity contribution in [3.05, 3.63) is 65.5 Å². The molecule has 0 aliphatic rings. The van der Waals surface area contributed by atoms with Crippen LogP contribution in [-0.2, 0) is 6.54 Å². The summed E-state index contributed by atoms with van der Waals surface area (Å²) in [5, 5.41) is 13.2. The Bertz CT molecular complexity index is 485. The van der Waals surface area contributed by atoms with Gasteiger partial charge in [0.2, 0.25) is 0 Å². The second-order valence-electron chi connectivity index (χ2n) is 4.38. The molecule has 0 fully saturated rings. The SMILES string of the molecule is Cc1cccc(C(O)CNCc2ccccn2)c1. The van der Waals surface area contributed by atoms with Gasteiger partial charge in [0.15, 0.2) is 0 Å². The lowest BCUT2D eigenvalue weighted by Gasteiger charge is -2.12. The smallest absolute Gasteiger partial charge is 0.0914 e. The van der Waals surface area contributed by atoms with Gasteiger partial charge in [-0.3, -0.25) is 4.98 Å². The van der Waals surface area contributed by atoms with Gasteiger partial charge in [0.25, 0.3) is 0 Å². The number of hydrogen-bond acceptors (Lipinski definition) is 3. The highest BCUT2D eigenvalue weighted by Gasteiger charge is 2.06. The summed E-state index contributed by atoms with van der Waals surface area (Å²) in [6.07, 6.45) is 1.29. The number of nitrogens with one attached hydrogen (secondary N) is 1. The number of nitrogens with zero attached hydrogens (tertiary/aromatic N) is 1. The Labute approximate surface area is 108 Å². The molecule has 0 saturated carbocycles. The number of aliphatic hydroxyl groups is 1. The molecule has 0 radical (unpaired) electrons. The summed E-state index contributed by atoms with van der Waals surface area (Å²) in [5.41, 5.74) is 3.09. The van der Waals surface area contributed by atoms with Crippen molar-refractivity contribution in [3.8, 4) is 0 Å². The number of benzene rings is 1. The van der Waals surface area contributed by atoms with Gasteiger partial charge in [-0.05, 0) is 24.6 Å². The quantitative estimate of drug-likeness (QED) is 0.845. The van der Waals surface area contributed by atoms with E-state index in [0.717, 1.165) is 16.8 Å². The lowest BCUT2D eigenvalue weighted by molar-refractivity contribution is 0.174. The molecule has 1 unspecified atom stereocenters. The van der Waals surface area contributed by atoms with E-state index < -0.39 is 6.10 Å². The standard InChI is InChI=1S/C15H18N2O/c1-12-5-4-6-13(9-12)15(18)11-16-10-14-7-2-3-8-17-14/h2-9,15-16,18H,10-11H2,1H3. The minimum absolute atomic E-state index is 0.478. The van der Waals surface area contributed by atoms with Gasteiger partial charge >= 0.3 is 0 Å². The average molecular weight is 242 g/mol. The molecule has 2 rings (SSSR count). The Morgan fingerprint density at radius 2 is 2.11 bits per heavy atom. The third-order valence-corrected chi connectivity index (χ3v) is 2.80. The monoisotopic (exact) mass is 242 g/mol. The molecule has 0 aliphatic carbocycles. The van der Waals surface area contributed by atoms with E-state index in [1.807, 2.05) is 49.4 Å². The van der Waals surface area contributed by atoms with E-state index >= 15 is 0 Å². The number of aromatic nitrogens is 1.